The zero-order valence-corrected chi connectivity index (χ0v) is 7.64. The zero-order chi connectivity index (χ0) is 9.59. The Morgan fingerprint density at radius 3 is 2.92 bits per heavy atom. The van der Waals surface area contributed by atoms with Crippen LogP contribution in [0.15, 0.2) is 12.1 Å². The third-order valence-corrected chi connectivity index (χ3v) is 2.33. The van der Waals surface area contributed by atoms with E-state index in [1.807, 2.05) is 0 Å². The average Bonchev–Trinajstić information content (AvgIpc) is 2.37. The van der Waals surface area contributed by atoms with Crippen molar-refractivity contribution in [3.63, 3.8) is 0 Å². The van der Waals surface area contributed by atoms with E-state index in [2.05, 4.69) is 5.10 Å². The van der Waals surface area contributed by atoms with Gasteiger partial charge in [-0.15, -0.1) is 0 Å². The molecule has 3 nitrogen and oxygen atoms in total. The molecule has 68 valence electrons. The second kappa shape index (κ2) is 2.60. The molecule has 0 aliphatic rings. The summed E-state index contributed by atoms with van der Waals surface area (Å²) in [5.41, 5.74) is 5.99. The standard InChI is InChI=1S/C8H7ClFN3/c1-13-8(9)6-5(12-13)3-2-4(11)7(6)10/h2-3H,11H2,1H3. The lowest BCUT2D eigenvalue weighted by molar-refractivity contribution is 0.644. The highest BCUT2D eigenvalue weighted by molar-refractivity contribution is 6.34. The summed E-state index contributed by atoms with van der Waals surface area (Å²) in [6.07, 6.45) is 0. The second-order valence-electron chi connectivity index (χ2n) is 2.78. The van der Waals surface area contributed by atoms with Crippen LogP contribution < -0.4 is 5.73 Å². The van der Waals surface area contributed by atoms with Crippen LogP contribution in [0, 0.1) is 5.82 Å². The number of hydrogen-bond donors (Lipinski definition) is 1. The van der Waals surface area contributed by atoms with E-state index in [1.54, 1.807) is 13.1 Å². The molecule has 0 bridgehead atoms. The minimum Gasteiger partial charge on any atom is -0.396 e. The van der Waals surface area contributed by atoms with Gasteiger partial charge >= 0.3 is 0 Å². The molecule has 2 rings (SSSR count). The van der Waals surface area contributed by atoms with Gasteiger partial charge in [0.2, 0.25) is 0 Å². The van der Waals surface area contributed by atoms with Crippen molar-refractivity contribution >= 4 is 28.2 Å². The van der Waals surface area contributed by atoms with Crippen LogP contribution in [0.3, 0.4) is 0 Å². The normalized spacial score (nSPS) is 11.0. The molecule has 1 heterocycles. The quantitative estimate of drug-likeness (QED) is 0.659. The Hall–Kier alpha value is -1.29. The van der Waals surface area contributed by atoms with Crippen LogP contribution in [-0.4, -0.2) is 9.78 Å². The van der Waals surface area contributed by atoms with E-state index in [9.17, 15) is 4.39 Å². The number of halogens is 2. The smallest absolute Gasteiger partial charge is 0.158 e. The van der Waals surface area contributed by atoms with Gasteiger partial charge in [-0.1, -0.05) is 11.6 Å². The number of nitrogens with zero attached hydrogens (tertiary/aromatic N) is 2. The van der Waals surface area contributed by atoms with Crippen LogP contribution in [0.4, 0.5) is 10.1 Å². The lowest BCUT2D eigenvalue weighted by Gasteiger charge is -1.96. The highest BCUT2D eigenvalue weighted by Gasteiger charge is 2.13. The van der Waals surface area contributed by atoms with Gasteiger partial charge in [0, 0.05) is 7.05 Å². The number of benzene rings is 1. The number of aromatic nitrogens is 2. The topological polar surface area (TPSA) is 43.8 Å². The number of nitrogen functional groups attached to an aromatic ring is 1. The number of rotatable bonds is 0. The molecule has 0 radical (unpaired) electrons. The Balaban J connectivity index is 2.97. The third-order valence-electron chi connectivity index (χ3n) is 1.90. The predicted molar refractivity (Wildman–Crippen MR) is 50.1 cm³/mol. The largest absolute Gasteiger partial charge is 0.396 e. The molecule has 0 unspecified atom stereocenters. The van der Waals surface area contributed by atoms with Crippen molar-refractivity contribution in [3.8, 4) is 0 Å². The zero-order valence-electron chi connectivity index (χ0n) is 6.88. The molecule has 1 aromatic heterocycles. The van der Waals surface area contributed by atoms with Crippen molar-refractivity contribution in [1.29, 1.82) is 0 Å². The molecule has 0 saturated carbocycles. The van der Waals surface area contributed by atoms with Crippen LogP contribution in [-0.2, 0) is 7.05 Å². The van der Waals surface area contributed by atoms with Gasteiger partial charge in [0.05, 0.1) is 16.6 Å². The fourth-order valence-corrected chi connectivity index (χ4v) is 1.45. The summed E-state index contributed by atoms with van der Waals surface area (Å²) < 4.78 is 14.8. The molecule has 0 saturated heterocycles. The molecule has 0 amide bonds. The van der Waals surface area contributed by atoms with E-state index < -0.39 is 5.82 Å². The van der Waals surface area contributed by atoms with E-state index in [0.29, 0.717) is 5.52 Å². The monoisotopic (exact) mass is 199 g/mol. The minimum atomic E-state index is -0.504. The molecular weight excluding hydrogens is 193 g/mol. The van der Waals surface area contributed by atoms with Crippen molar-refractivity contribution in [1.82, 2.24) is 9.78 Å². The van der Waals surface area contributed by atoms with Crippen LogP contribution in [0.1, 0.15) is 0 Å². The molecule has 2 N–H and O–H groups in total. The molecule has 0 fully saturated rings. The van der Waals surface area contributed by atoms with Gasteiger partial charge in [-0.2, -0.15) is 5.10 Å². The van der Waals surface area contributed by atoms with Crippen molar-refractivity contribution in [2.45, 2.75) is 0 Å². The SMILES string of the molecule is Cn1nc2ccc(N)c(F)c2c1Cl. The Morgan fingerprint density at radius 2 is 2.23 bits per heavy atom. The van der Waals surface area contributed by atoms with E-state index >= 15 is 0 Å². The Labute approximate surface area is 78.9 Å². The van der Waals surface area contributed by atoms with E-state index in [1.165, 1.54) is 10.7 Å². The van der Waals surface area contributed by atoms with Crippen LogP contribution >= 0.6 is 11.6 Å². The van der Waals surface area contributed by atoms with Gasteiger partial charge in [-0.25, -0.2) is 4.39 Å². The third kappa shape index (κ3) is 1.06. The Morgan fingerprint density at radius 1 is 1.54 bits per heavy atom. The first-order valence-corrected chi connectivity index (χ1v) is 4.05. The van der Waals surface area contributed by atoms with Gasteiger partial charge in [0.25, 0.3) is 0 Å². The molecule has 0 atom stereocenters. The maximum Gasteiger partial charge on any atom is 0.158 e. The molecule has 1 aromatic carbocycles. The van der Waals surface area contributed by atoms with Gasteiger partial charge < -0.3 is 5.73 Å². The Kier molecular flexibility index (Phi) is 1.66. The van der Waals surface area contributed by atoms with Crippen LogP contribution in [0.2, 0.25) is 5.15 Å². The number of anilines is 1. The molecule has 0 aliphatic heterocycles. The highest BCUT2D eigenvalue weighted by atomic mass is 35.5. The van der Waals surface area contributed by atoms with Crippen molar-refractivity contribution in [2.75, 3.05) is 5.73 Å². The predicted octanol–water partition coefficient (Wildman–Crippen LogP) is 1.95. The summed E-state index contributed by atoms with van der Waals surface area (Å²) >= 11 is 5.82. The van der Waals surface area contributed by atoms with E-state index in [0.717, 1.165) is 0 Å². The summed E-state index contributed by atoms with van der Waals surface area (Å²) in [4.78, 5) is 0. The lowest BCUT2D eigenvalue weighted by Crippen LogP contribution is -1.90. The Bertz CT molecular complexity index is 478. The van der Waals surface area contributed by atoms with Crippen LogP contribution in [0.25, 0.3) is 10.9 Å². The summed E-state index contributed by atoms with van der Waals surface area (Å²) in [7, 11) is 1.65. The van der Waals surface area contributed by atoms with Crippen molar-refractivity contribution in [3.05, 3.63) is 23.1 Å². The van der Waals surface area contributed by atoms with Gasteiger partial charge in [0.15, 0.2) is 5.82 Å². The lowest BCUT2D eigenvalue weighted by atomic mass is 10.2. The fourth-order valence-electron chi connectivity index (χ4n) is 1.23. The molecule has 0 aliphatic carbocycles. The number of fused-ring (bicyclic) bond motifs is 1. The first-order chi connectivity index (χ1) is 6.11. The number of nitrogens with two attached hydrogens (primary N) is 1. The first kappa shape index (κ1) is 8.31. The summed E-state index contributed by atoms with van der Waals surface area (Å²) in [6.45, 7) is 0. The highest BCUT2D eigenvalue weighted by Crippen LogP contribution is 2.28. The molecule has 13 heavy (non-hydrogen) atoms. The van der Waals surface area contributed by atoms with Crippen LogP contribution in [0.5, 0.6) is 0 Å². The summed E-state index contributed by atoms with van der Waals surface area (Å²) in [6, 6.07) is 3.11. The molecule has 2 aromatic rings. The van der Waals surface area contributed by atoms with E-state index in [-0.39, 0.29) is 16.2 Å². The summed E-state index contributed by atoms with van der Waals surface area (Å²) in [5, 5.41) is 4.55. The number of aryl methyl sites for hydroxylation is 1. The first-order valence-electron chi connectivity index (χ1n) is 3.67. The average molecular weight is 200 g/mol. The molecular formula is C8H7ClFN3. The van der Waals surface area contributed by atoms with Crippen molar-refractivity contribution in [2.24, 2.45) is 7.05 Å². The maximum absolute atomic E-state index is 13.4. The van der Waals surface area contributed by atoms with Gasteiger partial charge in [0.1, 0.15) is 5.15 Å². The fraction of sp³-hybridized carbons (Fsp3) is 0.125. The second-order valence-corrected chi connectivity index (χ2v) is 3.14. The minimum absolute atomic E-state index is 0.0856. The molecule has 5 heteroatoms. The summed E-state index contributed by atoms with van der Waals surface area (Å²) in [5.74, 6) is -0.504. The van der Waals surface area contributed by atoms with Gasteiger partial charge in [-0.05, 0) is 12.1 Å². The number of hydrogen-bond acceptors (Lipinski definition) is 2. The van der Waals surface area contributed by atoms with Gasteiger partial charge in [-0.3, -0.25) is 4.68 Å². The maximum atomic E-state index is 13.4. The molecule has 0 spiro atoms. The van der Waals surface area contributed by atoms with E-state index in [4.69, 9.17) is 17.3 Å². The van der Waals surface area contributed by atoms with Crippen molar-refractivity contribution < 1.29 is 4.39 Å².